The number of benzene rings is 3. The van der Waals surface area contributed by atoms with Gasteiger partial charge in [-0.2, -0.15) is 18.4 Å². The molecule has 1 unspecified atom stereocenters. The van der Waals surface area contributed by atoms with Crippen molar-refractivity contribution < 1.29 is 41.5 Å². The Morgan fingerprint density at radius 1 is 1.02 bits per heavy atom. The lowest BCUT2D eigenvalue weighted by Crippen LogP contribution is -2.55. The number of ketones is 1. The van der Waals surface area contributed by atoms with Gasteiger partial charge in [-0.25, -0.2) is 4.39 Å². The first kappa shape index (κ1) is 41.7. The Kier molecular flexibility index (Phi) is 12.1. The van der Waals surface area contributed by atoms with Crippen LogP contribution in [-0.4, -0.2) is 71.3 Å². The number of ether oxygens (including phenoxy) is 1. The second kappa shape index (κ2) is 17.1. The van der Waals surface area contributed by atoms with Crippen LogP contribution in [-0.2, 0) is 38.2 Å². The van der Waals surface area contributed by atoms with Crippen LogP contribution in [0.5, 0.6) is 5.75 Å². The summed E-state index contributed by atoms with van der Waals surface area (Å²) in [6.45, 7) is 4.10. The Morgan fingerprint density at radius 3 is 2.42 bits per heavy atom. The number of nitrogens with one attached hydrogen (secondary N) is 2. The molecule has 4 aliphatic rings. The van der Waals surface area contributed by atoms with Gasteiger partial charge in [-0.3, -0.25) is 34.3 Å². The van der Waals surface area contributed by atoms with Crippen molar-refractivity contribution in [1.82, 2.24) is 10.2 Å². The lowest BCUT2D eigenvalue weighted by atomic mass is 9.75. The highest BCUT2D eigenvalue weighted by Crippen LogP contribution is 2.49. The third-order valence-corrected chi connectivity index (χ3v) is 12.2. The number of carbonyl (C=O) groups excluding carboxylic acids is 4. The summed E-state index contributed by atoms with van der Waals surface area (Å²) < 4.78 is 62.5. The van der Waals surface area contributed by atoms with E-state index in [1.165, 1.54) is 18.2 Å². The van der Waals surface area contributed by atoms with Gasteiger partial charge in [0.15, 0.2) is 10.9 Å². The topological polar surface area (TPSA) is 135 Å². The van der Waals surface area contributed by atoms with Gasteiger partial charge in [-0.05, 0) is 148 Å². The number of carbonyl (C=O) groups is 4. The van der Waals surface area contributed by atoms with Gasteiger partial charge in [0.1, 0.15) is 23.1 Å². The zero-order valence-corrected chi connectivity index (χ0v) is 33.3. The first-order chi connectivity index (χ1) is 28.2. The van der Waals surface area contributed by atoms with Crippen molar-refractivity contribution in [3.05, 3.63) is 82.7 Å². The van der Waals surface area contributed by atoms with Crippen LogP contribution in [0, 0.1) is 23.1 Å². The largest absolute Gasteiger partial charge is 0.493 e. The van der Waals surface area contributed by atoms with E-state index in [0.29, 0.717) is 55.3 Å². The number of anilines is 3. The summed E-state index contributed by atoms with van der Waals surface area (Å²) in [6, 6.07) is 14.1. The Hall–Kier alpha value is -5.40. The highest BCUT2D eigenvalue weighted by Gasteiger charge is 2.59. The Bertz CT molecular complexity index is 2210. The lowest BCUT2D eigenvalue weighted by Gasteiger charge is -2.43. The number of imide groups is 1. The van der Waals surface area contributed by atoms with Crippen molar-refractivity contribution in [1.29, 1.82) is 5.26 Å². The van der Waals surface area contributed by atoms with Crippen molar-refractivity contribution in [2.75, 3.05) is 41.4 Å². The third-order valence-electron chi connectivity index (χ3n) is 11.9. The van der Waals surface area contributed by atoms with Crippen molar-refractivity contribution in [2.45, 2.75) is 88.9 Å². The SMILES string of the molecule is CCc1cc(N2C(=S)N(c3ccc(C#N)c(C(F)(F)F)c3)C(=O)C23CCC3)ccc1OCCC1CCN(CC(=O)Cc2cc(NC3CCC(=O)NC3=O)ccc2F)CC1. The number of thiocarbonyl (C=S) groups is 1. The van der Waals surface area contributed by atoms with Crippen molar-refractivity contribution in [2.24, 2.45) is 5.92 Å². The molecule has 1 spiro atoms. The second-order valence-corrected chi connectivity index (χ2v) is 16.0. The molecule has 3 saturated heterocycles. The van der Waals surface area contributed by atoms with Crippen molar-refractivity contribution >= 4 is 57.9 Å². The molecule has 4 fully saturated rings. The fraction of sp³-hybridized carbons (Fsp3) is 0.442. The highest BCUT2D eigenvalue weighted by molar-refractivity contribution is 7.81. The van der Waals surface area contributed by atoms with E-state index in [2.05, 4.69) is 15.5 Å². The number of halogens is 4. The molecule has 2 N–H and O–H groups in total. The van der Waals surface area contributed by atoms with E-state index >= 15 is 0 Å². The molecule has 310 valence electrons. The maximum atomic E-state index is 14.7. The molecular formula is C43H44F4N6O5S. The average molecular weight is 833 g/mol. The van der Waals surface area contributed by atoms with Crippen LogP contribution >= 0.6 is 12.2 Å². The fourth-order valence-corrected chi connectivity index (χ4v) is 8.92. The smallest absolute Gasteiger partial charge is 0.417 e. The van der Waals surface area contributed by atoms with Gasteiger partial charge in [-0.15, -0.1) is 0 Å². The first-order valence-electron chi connectivity index (χ1n) is 19.9. The zero-order chi connectivity index (χ0) is 42.1. The van der Waals surface area contributed by atoms with E-state index in [-0.39, 0.29) is 53.3 Å². The number of hydrogen-bond donors (Lipinski definition) is 2. The lowest BCUT2D eigenvalue weighted by molar-refractivity contribution is -0.138. The summed E-state index contributed by atoms with van der Waals surface area (Å²) in [5.41, 5.74) is -0.407. The molecule has 7 rings (SSSR count). The highest BCUT2D eigenvalue weighted by atomic mass is 32.1. The molecule has 0 radical (unpaired) electrons. The molecule has 3 heterocycles. The first-order valence-corrected chi connectivity index (χ1v) is 20.3. The van der Waals surface area contributed by atoms with Crippen LogP contribution in [0.25, 0.3) is 0 Å². The fourth-order valence-electron chi connectivity index (χ4n) is 8.45. The van der Waals surface area contributed by atoms with Gasteiger partial charge in [0.2, 0.25) is 11.8 Å². The third kappa shape index (κ3) is 8.67. The minimum absolute atomic E-state index is 0.0348. The molecule has 16 heteroatoms. The molecule has 0 aromatic heterocycles. The van der Waals surface area contributed by atoms with Gasteiger partial charge in [0.05, 0.1) is 36.0 Å². The molecule has 1 atom stereocenters. The number of Topliss-reactive ketones (excluding diaryl/α,β-unsaturated/α-hetero) is 1. The maximum Gasteiger partial charge on any atom is 0.417 e. The number of rotatable bonds is 13. The monoisotopic (exact) mass is 832 g/mol. The predicted octanol–water partition coefficient (Wildman–Crippen LogP) is 6.85. The summed E-state index contributed by atoms with van der Waals surface area (Å²) >= 11 is 5.80. The molecular weight excluding hydrogens is 789 g/mol. The minimum Gasteiger partial charge on any atom is -0.493 e. The molecule has 1 saturated carbocycles. The van der Waals surface area contributed by atoms with Gasteiger partial charge in [0.25, 0.3) is 5.91 Å². The molecule has 3 aromatic rings. The maximum absolute atomic E-state index is 14.7. The quantitative estimate of drug-likeness (QED) is 0.107. The predicted molar refractivity (Wildman–Crippen MR) is 215 cm³/mol. The van der Waals surface area contributed by atoms with Crippen LogP contribution in [0.4, 0.5) is 34.6 Å². The Labute approximate surface area is 344 Å². The molecule has 59 heavy (non-hydrogen) atoms. The summed E-state index contributed by atoms with van der Waals surface area (Å²) in [6.07, 6.45) is 0.598. The van der Waals surface area contributed by atoms with Crippen LogP contribution in [0.1, 0.15) is 80.5 Å². The van der Waals surface area contributed by atoms with E-state index in [1.807, 2.05) is 25.1 Å². The van der Waals surface area contributed by atoms with E-state index < -0.39 is 40.6 Å². The van der Waals surface area contributed by atoms with Crippen LogP contribution in [0.2, 0.25) is 0 Å². The number of alkyl halides is 3. The molecule has 0 bridgehead atoms. The Morgan fingerprint density at radius 2 is 1.76 bits per heavy atom. The van der Waals surface area contributed by atoms with E-state index in [0.717, 1.165) is 61.4 Å². The van der Waals surface area contributed by atoms with E-state index in [9.17, 15) is 42.0 Å². The van der Waals surface area contributed by atoms with Gasteiger partial charge < -0.3 is 15.0 Å². The standard InChI is InChI=1S/C43H44F4N6O5S/c1-2-27-21-32(53-41(59)52(40(57)42(53)15-3-16-42)31-6-4-28(24-48)34(23-31)43(45,46)47)7-10-37(27)58-19-14-26-12-17-51(18-13-26)25-33(54)22-29-20-30(5-8-35(29)44)49-36-9-11-38(55)50-39(36)56/h4-8,10,20-21,23,26,36,49H,2-3,9,11-19,22,25H2,1H3,(H,50,55,56). The molecule has 1 aliphatic carbocycles. The van der Waals surface area contributed by atoms with Gasteiger partial charge in [-0.1, -0.05) is 6.92 Å². The zero-order valence-electron chi connectivity index (χ0n) is 32.5. The number of nitrogens with zero attached hydrogens (tertiary/aromatic N) is 4. The van der Waals surface area contributed by atoms with Crippen LogP contribution in [0.3, 0.4) is 0 Å². The second-order valence-electron chi connectivity index (χ2n) is 15.7. The van der Waals surface area contributed by atoms with Crippen molar-refractivity contribution in [3.63, 3.8) is 0 Å². The number of hydrogen-bond acceptors (Lipinski definition) is 9. The summed E-state index contributed by atoms with van der Waals surface area (Å²) in [7, 11) is 0. The molecule has 11 nitrogen and oxygen atoms in total. The van der Waals surface area contributed by atoms with Gasteiger partial charge >= 0.3 is 6.18 Å². The van der Waals surface area contributed by atoms with E-state index in [1.54, 1.807) is 17.0 Å². The number of amides is 3. The van der Waals surface area contributed by atoms with Crippen LogP contribution < -0.4 is 25.2 Å². The number of likely N-dealkylation sites (tertiary alicyclic amines) is 1. The normalized spacial score (nSPS) is 19.8. The molecule has 3 aromatic carbocycles. The number of piperidine rings is 2. The average Bonchev–Trinajstić information content (AvgIpc) is 3.43. The number of aryl methyl sites for hydroxylation is 1. The van der Waals surface area contributed by atoms with Gasteiger partial charge in [0, 0.05) is 24.2 Å². The van der Waals surface area contributed by atoms with E-state index in [4.69, 9.17) is 17.0 Å². The summed E-state index contributed by atoms with van der Waals surface area (Å²) in [5, 5.41) is 14.7. The Balaban J connectivity index is 0.916. The molecule has 3 aliphatic heterocycles. The minimum atomic E-state index is -4.79. The summed E-state index contributed by atoms with van der Waals surface area (Å²) in [4.78, 5) is 55.6. The molecule has 3 amide bonds. The number of nitriles is 1. The van der Waals surface area contributed by atoms with Crippen molar-refractivity contribution in [3.8, 4) is 11.8 Å². The summed E-state index contributed by atoms with van der Waals surface area (Å²) in [5.74, 6) is -0.678. The van der Waals surface area contributed by atoms with Crippen LogP contribution in [0.15, 0.2) is 54.6 Å².